The highest BCUT2D eigenvalue weighted by molar-refractivity contribution is 9.10. The Bertz CT molecular complexity index is 636. The third-order valence-corrected chi connectivity index (χ3v) is 4.19. The topological polar surface area (TPSA) is 17.1 Å². The first-order valence-corrected chi connectivity index (χ1v) is 7.01. The summed E-state index contributed by atoms with van der Waals surface area (Å²) in [6.07, 6.45) is 0.766. The number of hydrogen-bond acceptors (Lipinski definition) is 1. The molecule has 0 saturated carbocycles. The average Bonchev–Trinajstić information content (AvgIpc) is 2.65. The minimum absolute atomic E-state index is 0.0675. The lowest BCUT2D eigenvalue weighted by molar-refractivity contribution is 0.100. The molecule has 1 aliphatic rings. The van der Waals surface area contributed by atoms with Gasteiger partial charge in [0.2, 0.25) is 0 Å². The van der Waals surface area contributed by atoms with Crippen LogP contribution in [0.2, 0.25) is 5.02 Å². The fourth-order valence-corrected chi connectivity index (χ4v) is 3.09. The molecule has 0 bridgehead atoms. The van der Waals surface area contributed by atoms with Gasteiger partial charge in [-0.1, -0.05) is 57.9 Å². The predicted molar refractivity (Wildman–Crippen MR) is 77.6 cm³/mol. The van der Waals surface area contributed by atoms with Gasteiger partial charge in [0.05, 0.1) is 4.83 Å². The second kappa shape index (κ2) is 4.52. The first kappa shape index (κ1) is 11.9. The summed E-state index contributed by atoms with van der Waals surface area (Å²) in [5.41, 5.74) is 4.13. The Labute approximate surface area is 119 Å². The molecule has 18 heavy (non-hydrogen) atoms. The van der Waals surface area contributed by atoms with Crippen molar-refractivity contribution in [2.75, 3.05) is 0 Å². The van der Waals surface area contributed by atoms with Gasteiger partial charge >= 0.3 is 0 Å². The smallest absolute Gasteiger partial charge is 0.177 e. The van der Waals surface area contributed by atoms with Crippen LogP contribution in [0.3, 0.4) is 0 Å². The molecule has 0 radical (unpaired) electrons. The number of alkyl halides is 1. The van der Waals surface area contributed by atoms with E-state index in [1.165, 1.54) is 0 Å². The van der Waals surface area contributed by atoms with Gasteiger partial charge in [-0.25, -0.2) is 0 Å². The summed E-state index contributed by atoms with van der Waals surface area (Å²) < 4.78 is 0. The van der Waals surface area contributed by atoms with Crippen molar-refractivity contribution in [2.45, 2.75) is 11.2 Å². The molecule has 0 saturated heterocycles. The normalized spacial score (nSPS) is 17.9. The van der Waals surface area contributed by atoms with Crippen LogP contribution in [0.4, 0.5) is 0 Å². The molecule has 0 aliphatic heterocycles. The monoisotopic (exact) mass is 320 g/mol. The Hall–Kier alpha value is -1.12. The lowest BCUT2D eigenvalue weighted by atomic mass is 10.0. The van der Waals surface area contributed by atoms with Crippen LogP contribution in [0.5, 0.6) is 0 Å². The Balaban J connectivity index is 2.07. The van der Waals surface area contributed by atoms with E-state index in [1.807, 2.05) is 36.4 Å². The maximum absolute atomic E-state index is 11.8. The number of Topliss-reactive ketones (excluding diaryl/α,β-unsaturated/α-hetero) is 1. The van der Waals surface area contributed by atoms with Crippen LogP contribution >= 0.6 is 27.5 Å². The molecule has 0 spiro atoms. The van der Waals surface area contributed by atoms with Crippen molar-refractivity contribution < 1.29 is 4.79 Å². The summed E-state index contributed by atoms with van der Waals surface area (Å²) in [5.74, 6) is 0.183. The molecular formula is C15H10BrClO. The number of ketones is 1. The van der Waals surface area contributed by atoms with E-state index in [0.717, 1.165) is 33.7 Å². The van der Waals surface area contributed by atoms with Crippen molar-refractivity contribution in [1.82, 2.24) is 0 Å². The van der Waals surface area contributed by atoms with Crippen LogP contribution in [-0.4, -0.2) is 10.6 Å². The van der Waals surface area contributed by atoms with Gasteiger partial charge in [0, 0.05) is 10.6 Å². The minimum Gasteiger partial charge on any atom is -0.293 e. The number of benzene rings is 2. The van der Waals surface area contributed by atoms with Gasteiger partial charge in [-0.3, -0.25) is 4.79 Å². The van der Waals surface area contributed by atoms with Crippen LogP contribution in [-0.2, 0) is 6.42 Å². The molecule has 0 amide bonds. The number of carbonyl (C=O) groups is 1. The van der Waals surface area contributed by atoms with Gasteiger partial charge < -0.3 is 0 Å². The van der Waals surface area contributed by atoms with Crippen molar-refractivity contribution in [2.24, 2.45) is 0 Å². The summed E-state index contributed by atoms with van der Waals surface area (Å²) in [6.45, 7) is 0. The number of carbonyl (C=O) groups excluding carboxylic acids is 1. The molecule has 90 valence electrons. The summed E-state index contributed by atoms with van der Waals surface area (Å²) in [7, 11) is 0. The third-order valence-electron chi connectivity index (χ3n) is 3.21. The highest BCUT2D eigenvalue weighted by Gasteiger charge is 2.28. The number of hydrogen-bond donors (Lipinski definition) is 0. The van der Waals surface area contributed by atoms with E-state index < -0.39 is 0 Å². The second-order valence-corrected chi connectivity index (χ2v) is 5.96. The fraction of sp³-hybridized carbons (Fsp3) is 0.133. The Kier molecular flexibility index (Phi) is 3.00. The maximum Gasteiger partial charge on any atom is 0.177 e. The fourth-order valence-electron chi connectivity index (χ4n) is 2.31. The quantitative estimate of drug-likeness (QED) is 0.706. The van der Waals surface area contributed by atoms with Gasteiger partial charge in [-0.15, -0.1) is 0 Å². The van der Waals surface area contributed by atoms with Crippen LogP contribution in [0.1, 0.15) is 15.9 Å². The van der Waals surface area contributed by atoms with Crippen LogP contribution in [0, 0.1) is 0 Å². The van der Waals surface area contributed by atoms with Gasteiger partial charge in [0.25, 0.3) is 0 Å². The van der Waals surface area contributed by atoms with Gasteiger partial charge in [-0.05, 0) is 35.2 Å². The summed E-state index contributed by atoms with van der Waals surface area (Å²) in [4.78, 5) is 11.8. The van der Waals surface area contributed by atoms with Gasteiger partial charge in [0.15, 0.2) is 5.78 Å². The lowest BCUT2D eigenvalue weighted by Gasteiger charge is -2.05. The highest BCUT2D eigenvalue weighted by Crippen LogP contribution is 2.31. The molecule has 1 unspecified atom stereocenters. The first-order valence-electron chi connectivity index (χ1n) is 5.72. The van der Waals surface area contributed by atoms with Crippen molar-refractivity contribution in [1.29, 1.82) is 0 Å². The van der Waals surface area contributed by atoms with Crippen LogP contribution < -0.4 is 0 Å². The molecule has 0 fully saturated rings. The third kappa shape index (κ3) is 2.00. The zero-order valence-corrected chi connectivity index (χ0v) is 11.8. The molecule has 3 rings (SSSR count). The zero-order chi connectivity index (χ0) is 12.7. The SMILES string of the molecule is O=C1c2ccc(-c3cccc(Cl)c3)cc2CC1Br. The molecule has 2 aromatic carbocycles. The Morgan fingerprint density at radius 3 is 2.67 bits per heavy atom. The standard InChI is InChI=1S/C15H10BrClO/c16-14-8-11-6-10(4-5-13(11)15(14)18)9-2-1-3-12(17)7-9/h1-7,14H,8H2. The van der Waals surface area contributed by atoms with E-state index >= 15 is 0 Å². The van der Waals surface area contributed by atoms with E-state index in [9.17, 15) is 4.79 Å². The van der Waals surface area contributed by atoms with E-state index in [0.29, 0.717) is 0 Å². The lowest BCUT2D eigenvalue weighted by Crippen LogP contribution is -2.05. The van der Waals surface area contributed by atoms with E-state index in [-0.39, 0.29) is 10.6 Å². The zero-order valence-electron chi connectivity index (χ0n) is 9.49. The molecule has 1 nitrogen and oxygen atoms in total. The van der Waals surface area contributed by atoms with E-state index in [4.69, 9.17) is 11.6 Å². The van der Waals surface area contributed by atoms with Gasteiger partial charge in [-0.2, -0.15) is 0 Å². The molecule has 3 heteroatoms. The number of rotatable bonds is 1. The molecule has 1 atom stereocenters. The van der Waals surface area contributed by atoms with Crippen molar-refractivity contribution >= 4 is 33.3 Å². The minimum atomic E-state index is -0.0675. The van der Waals surface area contributed by atoms with Crippen molar-refractivity contribution in [3.8, 4) is 11.1 Å². The molecule has 1 aliphatic carbocycles. The molecule has 0 N–H and O–H groups in total. The average molecular weight is 322 g/mol. The van der Waals surface area contributed by atoms with E-state index in [2.05, 4.69) is 22.0 Å². The van der Waals surface area contributed by atoms with Gasteiger partial charge in [0.1, 0.15) is 0 Å². The molecule has 2 aromatic rings. The van der Waals surface area contributed by atoms with Crippen molar-refractivity contribution in [3.05, 3.63) is 58.6 Å². The number of fused-ring (bicyclic) bond motifs is 1. The summed E-state index contributed by atoms with van der Waals surface area (Å²) in [6, 6.07) is 13.7. The molecular weight excluding hydrogens is 312 g/mol. The van der Waals surface area contributed by atoms with Crippen molar-refractivity contribution in [3.63, 3.8) is 0 Å². The Morgan fingerprint density at radius 2 is 1.89 bits per heavy atom. The molecule has 0 aromatic heterocycles. The first-order chi connectivity index (χ1) is 8.65. The highest BCUT2D eigenvalue weighted by atomic mass is 79.9. The summed E-state index contributed by atoms with van der Waals surface area (Å²) >= 11 is 9.40. The predicted octanol–water partition coefficient (Wildman–Crippen LogP) is 4.51. The van der Waals surface area contributed by atoms with E-state index in [1.54, 1.807) is 0 Å². The largest absolute Gasteiger partial charge is 0.293 e. The number of halogens is 2. The molecule has 0 heterocycles. The van der Waals surface area contributed by atoms with Crippen LogP contribution in [0.25, 0.3) is 11.1 Å². The Morgan fingerprint density at radius 1 is 1.11 bits per heavy atom. The maximum atomic E-state index is 11.8. The second-order valence-electron chi connectivity index (χ2n) is 4.42. The summed E-state index contributed by atoms with van der Waals surface area (Å²) in [5, 5.41) is 0.724. The van der Waals surface area contributed by atoms with Crippen LogP contribution in [0.15, 0.2) is 42.5 Å².